The lowest BCUT2D eigenvalue weighted by Crippen LogP contribution is -2.00. The second-order valence-corrected chi connectivity index (χ2v) is 2.83. The summed E-state index contributed by atoms with van der Waals surface area (Å²) in [7, 11) is 0. The van der Waals surface area contributed by atoms with Gasteiger partial charge in [-0.3, -0.25) is 0 Å². The van der Waals surface area contributed by atoms with Crippen LogP contribution in [0.3, 0.4) is 0 Å². The van der Waals surface area contributed by atoms with Crippen molar-refractivity contribution in [3.05, 3.63) is 11.9 Å². The number of hydrogen-bond donors (Lipinski definition) is 0. The summed E-state index contributed by atoms with van der Waals surface area (Å²) in [6.07, 6.45) is 0.609. The van der Waals surface area contributed by atoms with E-state index in [2.05, 4.69) is 10.3 Å². The number of hydrogen-bond acceptors (Lipinski definition) is 2. The zero-order valence-electron chi connectivity index (χ0n) is 6.95. The van der Waals surface area contributed by atoms with Crippen LogP contribution >= 0.6 is 0 Å². The van der Waals surface area contributed by atoms with Gasteiger partial charge < -0.3 is 0 Å². The Morgan fingerprint density at radius 1 is 1.45 bits per heavy atom. The van der Waals surface area contributed by atoms with Crippen molar-refractivity contribution < 1.29 is 4.39 Å². The summed E-state index contributed by atoms with van der Waals surface area (Å²) >= 11 is 0. The summed E-state index contributed by atoms with van der Waals surface area (Å²) in [5.41, 5.74) is 0.402. The molecule has 0 aliphatic heterocycles. The van der Waals surface area contributed by atoms with E-state index in [9.17, 15) is 4.39 Å². The van der Waals surface area contributed by atoms with Gasteiger partial charge in [-0.05, 0) is 20.8 Å². The molecule has 1 aromatic heterocycles. The summed E-state index contributed by atoms with van der Waals surface area (Å²) in [4.78, 5) is 0. The number of nitrogens with zero attached hydrogens (tertiary/aromatic N) is 3. The molecule has 0 fully saturated rings. The number of halogens is 1. The van der Waals surface area contributed by atoms with Gasteiger partial charge in [0, 0.05) is 6.04 Å². The van der Waals surface area contributed by atoms with Crippen LogP contribution in [-0.2, 0) is 0 Å². The molecule has 0 aliphatic carbocycles. The molecule has 4 heteroatoms. The minimum atomic E-state index is -1.03. The van der Waals surface area contributed by atoms with Crippen molar-refractivity contribution in [2.75, 3.05) is 0 Å². The number of rotatable bonds is 2. The fourth-order valence-electron chi connectivity index (χ4n) is 0.725. The van der Waals surface area contributed by atoms with Crippen molar-refractivity contribution >= 4 is 0 Å². The molecule has 0 bridgehead atoms. The van der Waals surface area contributed by atoms with Crippen LogP contribution in [0.4, 0.5) is 4.39 Å². The Morgan fingerprint density at radius 2 is 2.09 bits per heavy atom. The minimum absolute atomic E-state index is 0.245. The highest BCUT2D eigenvalue weighted by Crippen LogP contribution is 2.13. The van der Waals surface area contributed by atoms with Crippen LogP contribution in [0.25, 0.3) is 0 Å². The molecule has 3 nitrogen and oxygen atoms in total. The molecule has 62 valence electrons. The lowest BCUT2D eigenvalue weighted by atomic mass is 10.3. The molecule has 0 N–H and O–H groups in total. The van der Waals surface area contributed by atoms with Gasteiger partial charge in [0.05, 0.1) is 6.20 Å². The van der Waals surface area contributed by atoms with Crippen LogP contribution in [0.5, 0.6) is 0 Å². The van der Waals surface area contributed by atoms with Gasteiger partial charge in [-0.15, -0.1) is 5.10 Å². The summed E-state index contributed by atoms with van der Waals surface area (Å²) < 4.78 is 14.2. The van der Waals surface area contributed by atoms with E-state index in [4.69, 9.17) is 0 Å². The van der Waals surface area contributed by atoms with Crippen molar-refractivity contribution in [1.29, 1.82) is 0 Å². The molecule has 1 heterocycles. The average molecular weight is 157 g/mol. The van der Waals surface area contributed by atoms with Gasteiger partial charge in [-0.2, -0.15) is 0 Å². The Labute approximate surface area is 65.2 Å². The van der Waals surface area contributed by atoms with E-state index in [1.807, 2.05) is 13.8 Å². The maximum atomic E-state index is 12.6. The van der Waals surface area contributed by atoms with Crippen molar-refractivity contribution in [3.8, 4) is 0 Å². The third kappa shape index (κ3) is 1.76. The first kappa shape index (κ1) is 8.17. The molecular formula is C7H12FN3. The van der Waals surface area contributed by atoms with Crippen molar-refractivity contribution in [2.24, 2.45) is 0 Å². The third-order valence-corrected chi connectivity index (χ3v) is 1.46. The van der Waals surface area contributed by atoms with E-state index in [1.165, 1.54) is 6.92 Å². The van der Waals surface area contributed by atoms with Crippen LogP contribution in [0.1, 0.15) is 38.7 Å². The van der Waals surface area contributed by atoms with Gasteiger partial charge in [0.25, 0.3) is 0 Å². The van der Waals surface area contributed by atoms with E-state index in [-0.39, 0.29) is 6.04 Å². The Hall–Kier alpha value is -0.930. The van der Waals surface area contributed by atoms with Crippen molar-refractivity contribution in [3.63, 3.8) is 0 Å². The summed E-state index contributed by atoms with van der Waals surface area (Å²) in [6.45, 7) is 5.40. The topological polar surface area (TPSA) is 30.7 Å². The molecule has 0 radical (unpaired) electrons. The predicted molar refractivity (Wildman–Crippen MR) is 39.9 cm³/mol. The Morgan fingerprint density at radius 3 is 2.36 bits per heavy atom. The lowest BCUT2D eigenvalue weighted by Gasteiger charge is -2.00. The van der Waals surface area contributed by atoms with Gasteiger partial charge in [0.15, 0.2) is 0 Å². The van der Waals surface area contributed by atoms with E-state index < -0.39 is 6.17 Å². The molecule has 11 heavy (non-hydrogen) atoms. The Bertz CT molecular complexity index is 207. The first-order chi connectivity index (χ1) is 5.11. The molecule has 0 spiro atoms. The van der Waals surface area contributed by atoms with E-state index in [0.29, 0.717) is 5.69 Å². The number of alkyl halides is 1. The molecule has 0 saturated heterocycles. The monoisotopic (exact) mass is 157 g/mol. The highest BCUT2D eigenvalue weighted by Gasteiger charge is 2.08. The van der Waals surface area contributed by atoms with Gasteiger partial charge in [0.1, 0.15) is 11.9 Å². The maximum Gasteiger partial charge on any atom is 0.143 e. The van der Waals surface area contributed by atoms with Crippen LogP contribution in [-0.4, -0.2) is 15.0 Å². The molecule has 0 aromatic carbocycles. The number of aromatic nitrogens is 3. The van der Waals surface area contributed by atoms with Crippen LogP contribution < -0.4 is 0 Å². The van der Waals surface area contributed by atoms with E-state index in [1.54, 1.807) is 10.9 Å². The Balaban J connectivity index is 2.82. The third-order valence-electron chi connectivity index (χ3n) is 1.46. The van der Waals surface area contributed by atoms with E-state index >= 15 is 0 Å². The fraction of sp³-hybridized carbons (Fsp3) is 0.714. The molecule has 0 amide bonds. The van der Waals surface area contributed by atoms with Crippen LogP contribution in [0.15, 0.2) is 6.20 Å². The lowest BCUT2D eigenvalue weighted by molar-refractivity contribution is 0.365. The molecule has 0 saturated carbocycles. The minimum Gasteiger partial charge on any atom is -0.250 e. The summed E-state index contributed by atoms with van der Waals surface area (Å²) in [5, 5.41) is 7.44. The quantitative estimate of drug-likeness (QED) is 0.656. The van der Waals surface area contributed by atoms with Gasteiger partial charge in [-0.25, -0.2) is 9.07 Å². The second-order valence-electron chi connectivity index (χ2n) is 2.83. The predicted octanol–water partition coefficient (Wildman–Crippen LogP) is 1.89. The zero-order chi connectivity index (χ0) is 8.43. The molecule has 0 aliphatic rings. The van der Waals surface area contributed by atoms with Gasteiger partial charge in [-0.1, -0.05) is 5.21 Å². The normalized spacial score (nSPS) is 13.9. The highest BCUT2D eigenvalue weighted by atomic mass is 19.1. The van der Waals surface area contributed by atoms with Crippen LogP contribution in [0.2, 0.25) is 0 Å². The highest BCUT2D eigenvalue weighted by molar-refractivity contribution is 4.96. The SMILES string of the molecule is CC(F)c1cn(C(C)C)nn1. The molecule has 1 rings (SSSR count). The smallest absolute Gasteiger partial charge is 0.143 e. The molecule has 1 atom stereocenters. The largest absolute Gasteiger partial charge is 0.250 e. The summed E-state index contributed by atoms with van der Waals surface area (Å²) in [6, 6.07) is 0.245. The standard InChI is InChI=1S/C7H12FN3/c1-5(2)11-4-7(6(3)8)9-10-11/h4-6H,1-3H3. The second kappa shape index (κ2) is 2.98. The van der Waals surface area contributed by atoms with Crippen molar-refractivity contribution in [1.82, 2.24) is 15.0 Å². The van der Waals surface area contributed by atoms with E-state index in [0.717, 1.165) is 0 Å². The molecular weight excluding hydrogens is 145 g/mol. The molecule has 1 unspecified atom stereocenters. The fourth-order valence-corrected chi connectivity index (χ4v) is 0.725. The molecule has 1 aromatic rings. The maximum absolute atomic E-state index is 12.6. The van der Waals surface area contributed by atoms with Gasteiger partial charge >= 0.3 is 0 Å². The first-order valence-electron chi connectivity index (χ1n) is 3.67. The first-order valence-corrected chi connectivity index (χ1v) is 3.67. The Kier molecular flexibility index (Phi) is 2.22. The zero-order valence-corrected chi connectivity index (χ0v) is 6.95. The summed E-state index contributed by atoms with van der Waals surface area (Å²) in [5.74, 6) is 0. The van der Waals surface area contributed by atoms with Gasteiger partial charge in [0.2, 0.25) is 0 Å². The van der Waals surface area contributed by atoms with Crippen LogP contribution in [0, 0.1) is 0 Å². The van der Waals surface area contributed by atoms with Crippen molar-refractivity contribution in [2.45, 2.75) is 33.0 Å². The average Bonchev–Trinajstić information content (AvgIpc) is 2.33.